The molecule has 0 bridgehead atoms. The van der Waals surface area contributed by atoms with E-state index >= 15 is 0 Å². The minimum Gasteiger partial charge on any atom is -0.497 e. The predicted molar refractivity (Wildman–Crippen MR) is 149 cm³/mol. The van der Waals surface area contributed by atoms with Crippen molar-refractivity contribution in [3.8, 4) is 5.75 Å². The van der Waals surface area contributed by atoms with Crippen LogP contribution < -0.4 is 14.4 Å². The van der Waals surface area contributed by atoms with Gasteiger partial charge in [-0.2, -0.15) is 0 Å². The van der Waals surface area contributed by atoms with E-state index in [1.54, 1.807) is 49.4 Å². The van der Waals surface area contributed by atoms with Gasteiger partial charge in [-0.05, 0) is 60.5 Å². The van der Waals surface area contributed by atoms with Crippen molar-refractivity contribution in [3.05, 3.63) is 88.4 Å². The number of halogens is 2. The second-order valence-corrected chi connectivity index (χ2v) is 11.0. The fourth-order valence-electron chi connectivity index (χ4n) is 3.93. The number of sulfonamides is 1. The summed E-state index contributed by atoms with van der Waals surface area (Å²) in [5.41, 5.74) is 0.824. The summed E-state index contributed by atoms with van der Waals surface area (Å²) in [6.07, 6.45) is 0.304. The minimum atomic E-state index is -4.22. The summed E-state index contributed by atoms with van der Waals surface area (Å²) in [4.78, 5) is 27.9. The fraction of sp³-hybridized carbons (Fsp3) is 0.259. The van der Waals surface area contributed by atoms with Crippen molar-refractivity contribution < 1.29 is 22.7 Å². The third-order valence-electron chi connectivity index (χ3n) is 5.95. The minimum absolute atomic E-state index is 0.0103. The zero-order valence-electron chi connectivity index (χ0n) is 21.2. The molecule has 0 aliphatic carbocycles. The average Bonchev–Trinajstić information content (AvgIpc) is 2.92. The molecule has 0 spiro atoms. The van der Waals surface area contributed by atoms with Crippen LogP contribution in [0.4, 0.5) is 5.69 Å². The van der Waals surface area contributed by atoms with Gasteiger partial charge in [0.25, 0.3) is 10.0 Å². The van der Waals surface area contributed by atoms with E-state index in [0.29, 0.717) is 27.8 Å². The molecule has 2 amide bonds. The highest BCUT2D eigenvalue weighted by Crippen LogP contribution is 2.28. The summed E-state index contributed by atoms with van der Waals surface area (Å²) in [6.45, 7) is 1.21. The van der Waals surface area contributed by atoms with Gasteiger partial charge in [0.1, 0.15) is 18.3 Å². The number of amides is 2. The van der Waals surface area contributed by atoms with Gasteiger partial charge in [-0.25, -0.2) is 8.42 Å². The second kappa shape index (κ2) is 13.0. The maximum Gasteiger partial charge on any atom is 0.264 e. The Hall–Kier alpha value is -3.27. The molecule has 0 aliphatic heterocycles. The van der Waals surface area contributed by atoms with Crippen LogP contribution in [-0.2, 0) is 26.2 Å². The Bertz CT molecular complexity index is 1380. The molecule has 1 N–H and O–H groups in total. The van der Waals surface area contributed by atoms with Gasteiger partial charge in [0.15, 0.2) is 0 Å². The lowest BCUT2D eigenvalue weighted by atomic mass is 10.1. The quantitative estimate of drug-likeness (QED) is 0.354. The summed E-state index contributed by atoms with van der Waals surface area (Å²) < 4.78 is 33.8. The van der Waals surface area contributed by atoms with Gasteiger partial charge in [0.2, 0.25) is 11.8 Å². The zero-order chi connectivity index (χ0) is 27.9. The molecule has 0 heterocycles. The van der Waals surface area contributed by atoms with E-state index < -0.39 is 28.5 Å². The van der Waals surface area contributed by atoms with Gasteiger partial charge < -0.3 is 15.0 Å². The summed E-state index contributed by atoms with van der Waals surface area (Å²) in [6, 6.07) is 18.2. The molecule has 0 aromatic heterocycles. The van der Waals surface area contributed by atoms with Gasteiger partial charge in [0, 0.05) is 23.6 Å². The van der Waals surface area contributed by atoms with Gasteiger partial charge in [-0.3, -0.25) is 13.9 Å². The maximum atomic E-state index is 13.9. The van der Waals surface area contributed by atoms with Crippen LogP contribution in [0.3, 0.4) is 0 Å². The van der Waals surface area contributed by atoms with Crippen molar-refractivity contribution in [1.29, 1.82) is 0 Å². The number of nitrogens with one attached hydrogen (secondary N) is 1. The van der Waals surface area contributed by atoms with Crippen molar-refractivity contribution in [1.82, 2.24) is 10.2 Å². The number of nitrogens with zero attached hydrogens (tertiary/aromatic N) is 2. The van der Waals surface area contributed by atoms with E-state index in [9.17, 15) is 18.0 Å². The van der Waals surface area contributed by atoms with Crippen LogP contribution in [0.15, 0.2) is 77.7 Å². The van der Waals surface area contributed by atoms with E-state index in [0.717, 1.165) is 4.31 Å². The van der Waals surface area contributed by atoms with Crippen LogP contribution in [0, 0.1) is 0 Å². The van der Waals surface area contributed by atoms with Crippen molar-refractivity contribution in [2.75, 3.05) is 25.0 Å². The third-order valence-corrected chi connectivity index (χ3v) is 8.35. The number of rotatable bonds is 11. The van der Waals surface area contributed by atoms with Crippen molar-refractivity contribution >= 4 is 50.7 Å². The number of carbonyl (C=O) groups is 2. The summed E-state index contributed by atoms with van der Waals surface area (Å²) >= 11 is 12.5. The van der Waals surface area contributed by atoms with Gasteiger partial charge in [-0.1, -0.05) is 54.4 Å². The number of benzene rings is 3. The molecule has 38 heavy (non-hydrogen) atoms. The van der Waals surface area contributed by atoms with Gasteiger partial charge >= 0.3 is 0 Å². The first-order chi connectivity index (χ1) is 18.1. The normalized spacial score (nSPS) is 11.9. The Balaban J connectivity index is 2.07. The number of hydrogen-bond donors (Lipinski definition) is 1. The highest BCUT2D eigenvalue weighted by Gasteiger charge is 2.33. The van der Waals surface area contributed by atoms with E-state index in [1.165, 1.54) is 49.4 Å². The molecule has 3 aromatic carbocycles. The van der Waals surface area contributed by atoms with Crippen molar-refractivity contribution in [2.24, 2.45) is 0 Å². The molecule has 1 atom stereocenters. The standard InChI is InChI=1S/C27H29Cl2N3O5S/c1-4-25(27(34)30-2)31(17-19-8-5-6-11-24(19)29)26(33)18-32(21-10-7-9-20(28)16-21)38(35,36)23-14-12-22(37-3)13-15-23/h5-16,25H,4,17-18H2,1-3H3,(H,30,34)/t25-/m0/s1. The lowest BCUT2D eigenvalue weighted by Crippen LogP contribution is -2.51. The fourth-order valence-corrected chi connectivity index (χ4v) is 5.72. The Labute approximate surface area is 233 Å². The van der Waals surface area contributed by atoms with E-state index in [1.807, 2.05) is 0 Å². The van der Waals surface area contributed by atoms with Crippen LogP contribution in [0.25, 0.3) is 0 Å². The SMILES string of the molecule is CC[C@@H](C(=O)NC)N(Cc1ccccc1Cl)C(=O)CN(c1cccc(Cl)c1)S(=O)(=O)c1ccc(OC)cc1. The number of anilines is 1. The second-order valence-electron chi connectivity index (χ2n) is 8.32. The molecule has 11 heteroatoms. The molecule has 3 rings (SSSR count). The third kappa shape index (κ3) is 6.78. The Morgan fingerprint density at radius 2 is 1.68 bits per heavy atom. The molecule has 0 unspecified atom stereocenters. The molecule has 3 aromatic rings. The van der Waals surface area contributed by atoms with Crippen LogP contribution in [0.2, 0.25) is 10.0 Å². The summed E-state index contributed by atoms with van der Waals surface area (Å²) in [5.74, 6) is -0.478. The first-order valence-corrected chi connectivity index (χ1v) is 14.0. The lowest BCUT2D eigenvalue weighted by Gasteiger charge is -2.33. The Morgan fingerprint density at radius 1 is 1.00 bits per heavy atom. The molecular formula is C27H29Cl2N3O5S. The monoisotopic (exact) mass is 577 g/mol. The van der Waals surface area contributed by atoms with E-state index in [-0.39, 0.29) is 23.0 Å². The van der Waals surface area contributed by atoms with Crippen LogP contribution in [-0.4, -0.2) is 51.9 Å². The number of carbonyl (C=O) groups excluding carboxylic acids is 2. The lowest BCUT2D eigenvalue weighted by molar-refractivity contribution is -0.140. The maximum absolute atomic E-state index is 13.9. The van der Waals surface area contributed by atoms with Crippen molar-refractivity contribution in [3.63, 3.8) is 0 Å². The topological polar surface area (TPSA) is 96.0 Å². The number of ether oxygens (including phenoxy) is 1. The van der Waals surface area contributed by atoms with E-state index in [4.69, 9.17) is 27.9 Å². The summed E-state index contributed by atoms with van der Waals surface area (Å²) in [7, 11) is -1.26. The molecule has 0 saturated heterocycles. The van der Waals surface area contributed by atoms with Crippen LogP contribution >= 0.6 is 23.2 Å². The first-order valence-electron chi connectivity index (χ1n) is 11.8. The smallest absolute Gasteiger partial charge is 0.264 e. The average molecular weight is 579 g/mol. The Kier molecular flexibility index (Phi) is 10.0. The highest BCUT2D eigenvalue weighted by molar-refractivity contribution is 7.92. The number of hydrogen-bond acceptors (Lipinski definition) is 5. The van der Waals surface area contributed by atoms with Crippen molar-refractivity contribution in [2.45, 2.75) is 30.8 Å². The molecule has 0 saturated carbocycles. The van der Waals surface area contributed by atoms with Crippen LogP contribution in [0.1, 0.15) is 18.9 Å². The largest absolute Gasteiger partial charge is 0.497 e. The van der Waals surface area contributed by atoms with E-state index in [2.05, 4.69) is 5.32 Å². The van der Waals surface area contributed by atoms with Gasteiger partial charge in [0.05, 0.1) is 17.7 Å². The molecule has 202 valence electrons. The zero-order valence-corrected chi connectivity index (χ0v) is 23.6. The molecular weight excluding hydrogens is 549 g/mol. The predicted octanol–water partition coefficient (Wildman–Crippen LogP) is 4.75. The molecule has 0 aliphatic rings. The number of likely N-dealkylation sites (N-methyl/N-ethyl adjacent to an activating group) is 1. The molecule has 0 fully saturated rings. The molecule has 8 nitrogen and oxygen atoms in total. The van der Waals surface area contributed by atoms with Gasteiger partial charge in [-0.15, -0.1) is 0 Å². The first kappa shape index (κ1) is 29.3. The highest BCUT2D eigenvalue weighted by atomic mass is 35.5. The van der Waals surface area contributed by atoms with Crippen LogP contribution in [0.5, 0.6) is 5.75 Å². The number of methoxy groups -OCH3 is 1. The molecule has 0 radical (unpaired) electrons. The summed E-state index contributed by atoms with van der Waals surface area (Å²) in [5, 5.41) is 3.31. The Morgan fingerprint density at radius 3 is 2.26 bits per heavy atom.